The summed E-state index contributed by atoms with van der Waals surface area (Å²) < 4.78 is 10.7. The molecule has 0 atom stereocenters. The first-order valence-corrected chi connectivity index (χ1v) is 10.4. The highest BCUT2D eigenvalue weighted by atomic mass is 32.1. The lowest BCUT2D eigenvalue weighted by Crippen LogP contribution is -2.13. The summed E-state index contributed by atoms with van der Waals surface area (Å²) in [5, 5.41) is 10.2. The van der Waals surface area contributed by atoms with E-state index < -0.39 is 0 Å². The van der Waals surface area contributed by atoms with Crippen LogP contribution in [0.1, 0.15) is 22.1 Å². The molecule has 154 valence electrons. The van der Waals surface area contributed by atoms with Gasteiger partial charge in [0.15, 0.2) is 11.7 Å². The van der Waals surface area contributed by atoms with Crippen LogP contribution in [0.3, 0.4) is 0 Å². The van der Waals surface area contributed by atoms with E-state index in [4.69, 9.17) is 9.26 Å². The molecule has 31 heavy (non-hydrogen) atoms. The second-order valence-corrected chi connectivity index (χ2v) is 7.61. The molecule has 0 aliphatic rings. The largest absolute Gasteiger partial charge is 0.485 e. The Morgan fingerprint density at radius 3 is 2.87 bits per heavy atom. The number of amides is 1. The summed E-state index contributed by atoms with van der Waals surface area (Å²) in [4.78, 5) is 24.8. The first-order valence-electron chi connectivity index (χ1n) is 9.52. The molecule has 0 aliphatic heterocycles. The molecule has 9 heteroatoms. The second-order valence-electron chi connectivity index (χ2n) is 6.75. The number of hydrogen-bond acceptors (Lipinski definition) is 7. The number of hydrogen-bond donors (Lipinski definition) is 2. The van der Waals surface area contributed by atoms with E-state index >= 15 is 0 Å². The van der Waals surface area contributed by atoms with Crippen LogP contribution < -0.4 is 10.1 Å². The van der Waals surface area contributed by atoms with Crippen molar-refractivity contribution in [1.29, 1.82) is 0 Å². The van der Waals surface area contributed by atoms with Gasteiger partial charge in [-0.05, 0) is 18.2 Å². The number of ether oxygens (including phenoxy) is 1. The molecular formula is C22H17N5O3S. The first-order chi connectivity index (χ1) is 15.2. The van der Waals surface area contributed by atoms with Crippen LogP contribution in [0, 0.1) is 6.92 Å². The van der Waals surface area contributed by atoms with E-state index in [1.807, 2.05) is 35.8 Å². The Hall–Kier alpha value is -3.98. The Kier molecular flexibility index (Phi) is 4.93. The van der Waals surface area contributed by atoms with Gasteiger partial charge in [-0.3, -0.25) is 10.1 Å². The summed E-state index contributed by atoms with van der Waals surface area (Å²) in [5.41, 5.74) is 3.23. The van der Waals surface area contributed by atoms with Gasteiger partial charge in [-0.25, -0.2) is 4.98 Å². The predicted molar refractivity (Wildman–Crippen MR) is 117 cm³/mol. The van der Waals surface area contributed by atoms with Crippen LogP contribution in [0.5, 0.6) is 5.75 Å². The third-order valence-corrected chi connectivity index (χ3v) is 5.41. The monoisotopic (exact) mass is 431 g/mol. The van der Waals surface area contributed by atoms with Crippen LogP contribution >= 0.6 is 11.3 Å². The third-order valence-electron chi connectivity index (χ3n) is 4.65. The zero-order valence-electron chi connectivity index (χ0n) is 16.5. The quantitative estimate of drug-likeness (QED) is 0.399. The maximum absolute atomic E-state index is 12.9. The van der Waals surface area contributed by atoms with Crippen molar-refractivity contribution < 1.29 is 14.1 Å². The van der Waals surface area contributed by atoms with Gasteiger partial charge < -0.3 is 14.2 Å². The molecule has 2 N–H and O–H groups in total. The summed E-state index contributed by atoms with van der Waals surface area (Å²) in [6, 6.07) is 15.0. The van der Waals surface area contributed by atoms with Crippen molar-refractivity contribution in [3.63, 3.8) is 0 Å². The van der Waals surface area contributed by atoms with Gasteiger partial charge in [-0.2, -0.15) is 4.98 Å². The normalized spacial score (nSPS) is 11.0. The zero-order chi connectivity index (χ0) is 21.2. The number of aryl methyl sites for hydroxylation is 1. The minimum Gasteiger partial charge on any atom is -0.485 e. The zero-order valence-corrected chi connectivity index (χ0v) is 17.3. The minimum absolute atomic E-state index is 0.101. The van der Waals surface area contributed by atoms with Gasteiger partial charge in [0.2, 0.25) is 11.7 Å². The van der Waals surface area contributed by atoms with E-state index in [1.54, 1.807) is 31.2 Å². The summed E-state index contributed by atoms with van der Waals surface area (Å²) in [6.07, 6.45) is 1.92. The van der Waals surface area contributed by atoms with Crippen molar-refractivity contribution in [2.24, 2.45) is 0 Å². The van der Waals surface area contributed by atoms with Crippen molar-refractivity contribution in [2.75, 3.05) is 5.32 Å². The lowest BCUT2D eigenvalue weighted by Gasteiger charge is -2.09. The van der Waals surface area contributed by atoms with Gasteiger partial charge in [0.25, 0.3) is 5.91 Å². The van der Waals surface area contributed by atoms with Gasteiger partial charge in [-0.15, -0.1) is 11.3 Å². The fourth-order valence-electron chi connectivity index (χ4n) is 3.23. The SMILES string of the molecule is Cc1nc(COc2ccccc2C(=O)Nc2nc(-c3c[nH]c4ccccc34)cs2)no1. The van der Waals surface area contributed by atoms with Crippen molar-refractivity contribution in [1.82, 2.24) is 20.1 Å². The molecular weight excluding hydrogens is 414 g/mol. The van der Waals surface area contributed by atoms with E-state index in [-0.39, 0.29) is 12.5 Å². The third kappa shape index (κ3) is 3.90. The van der Waals surface area contributed by atoms with E-state index in [1.165, 1.54) is 11.3 Å². The van der Waals surface area contributed by atoms with Gasteiger partial charge in [0.05, 0.1) is 11.3 Å². The highest BCUT2D eigenvalue weighted by molar-refractivity contribution is 7.14. The predicted octanol–water partition coefficient (Wildman–Crippen LogP) is 4.81. The molecule has 0 saturated heterocycles. The first kappa shape index (κ1) is 19.0. The Morgan fingerprint density at radius 2 is 2.00 bits per heavy atom. The van der Waals surface area contributed by atoms with Gasteiger partial charge in [-0.1, -0.05) is 35.5 Å². The average Bonchev–Trinajstić information content (AvgIpc) is 3.52. The Balaban J connectivity index is 1.33. The standard InChI is InChI=1S/C22H17N5O3S/c1-13-24-20(27-30-13)11-29-19-9-5-3-7-15(19)21(28)26-22-25-18(12-31-22)16-10-23-17-8-4-2-6-14(16)17/h2-10,12,23H,11H2,1H3,(H,25,26,28). The Bertz CT molecular complexity index is 1370. The highest BCUT2D eigenvalue weighted by Crippen LogP contribution is 2.31. The number of carbonyl (C=O) groups is 1. The molecule has 5 aromatic rings. The molecule has 0 spiro atoms. The van der Waals surface area contributed by atoms with Crippen LogP contribution in [-0.2, 0) is 6.61 Å². The Labute approximate surface area is 180 Å². The lowest BCUT2D eigenvalue weighted by atomic mass is 10.1. The smallest absolute Gasteiger partial charge is 0.261 e. The molecule has 8 nitrogen and oxygen atoms in total. The number of rotatable bonds is 6. The van der Waals surface area contributed by atoms with Crippen LogP contribution in [0.25, 0.3) is 22.2 Å². The van der Waals surface area contributed by atoms with Gasteiger partial charge in [0.1, 0.15) is 5.75 Å². The number of aromatic amines is 1. The number of benzene rings is 2. The molecule has 0 aliphatic carbocycles. The van der Waals surface area contributed by atoms with Crippen LogP contribution in [0.15, 0.2) is 64.6 Å². The van der Waals surface area contributed by atoms with Gasteiger partial charge in [0, 0.05) is 35.0 Å². The van der Waals surface area contributed by atoms with E-state index in [0.29, 0.717) is 28.2 Å². The maximum Gasteiger partial charge on any atom is 0.261 e. The summed E-state index contributed by atoms with van der Waals surface area (Å²) in [7, 11) is 0. The molecule has 3 heterocycles. The number of thiazole rings is 1. The van der Waals surface area contributed by atoms with Crippen LogP contribution in [0.2, 0.25) is 0 Å². The number of aromatic nitrogens is 4. The Morgan fingerprint density at radius 1 is 1.16 bits per heavy atom. The van der Waals surface area contributed by atoms with Crippen LogP contribution in [-0.4, -0.2) is 26.0 Å². The van der Waals surface area contributed by atoms with E-state index in [9.17, 15) is 4.79 Å². The van der Waals surface area contributed by atoms with Crippen molar-refractivity contribution in [3.05, 3.63) is 77.4 Å². The number of nitrogens with one attached hydrogen (secondary N) is 2. The second kappa shape index (κ2) is 8.04. The molecule has 0 unspecified atom stereocenters. The highest BCUT2D eigenvalue weighted by Gasteiger charge is 2.16. The number of anilines is 1. The fourth-order valence-corrected chi connectivity index (χ4v) is 3.93. The average molecular weight is 431 g/mol. The maximum atomic E-state index is 12.9. The van der Waals surface area contributed by atoms with E-state index in [2.05, 4.69) is 25.4 Å². The molecule has 1 amide bonds. The number of H-pyrrole nitrogens is 1. The van der Waals surface area contributed by atoms with Crippen molar-refractivity contribution in [2.45, 2.75) is 13.5 Å². The number of fused-ring (bicyclic) bond motifs is 1. The number of carbonyl (C=O) groups excluding carboxylic acids is 1. The van der Waals surface area contributed by atoms with Crippen molar-refractivity contribution in [3.8, 4) is 17.0 Å². The minimum atomic E-state index is -0.306. The molecule has 3 aromatic heterocycles. The molecule has 5 rings (SSSR count). The molecule has 0 saturated carbocycles. The number of para-hydroxylation sites is 2. The van der Waals surface area contributed by atoms with Crippen LogP contribution in [0.4, 0.5) is 5.13 Å². The molecule has 0 fully saturated rings. The lowest BCUT2D eigenvalue weighted by molar-refractivity contribution is 0.102. The summed E-state index contributed by atoms with van der Waals surface area (Å²) in [6.45, 7) is 1.81. The summed E-state index contributed by atoms with van der Waals surface area (Å²) in [5.74, 6) is 0.992. The van der Waals surface area contributed by atoms with Crippen molar-refractivity contribution >= 4 is 33.3 Å². The molecule has 0 radical (unpaired) electrons. The molecule has 0 bridgehead atoms. The summed E-state index contributed by atoms with van der Waals surface area (Å²) >= 11 is 1.37. The molecule has 2 aromatic carbocycles. The fraction of sp³-hybridized carbons (Fsp3) is 0.0909. The number of nitrogens with zero attached hydrogens (tertiary/aromatic N) is 3. The topological polar surface area (TPSA) is 106 Å². The van der Waals surface area contributed by atoms with Gasteiger partial charge >= 0.3 is 0 Å². The van der Waals surface area contributed by atoms with E-state index in [0.717, 1.165) is 22.2 Å².